The fourth-order valence-corrected chi connectivity index (χ4v) is 2.23. The highest BCUT2D eigenvalue weighted by molar-refractivity contribution is 9.10. The molecule has 4 heteroatoms. The van der Waals surface area contributed by atoms with Crippen molar-refractivity contribution in [3.05, 3.63) is 58.3 Å². The molecular weight excluding hydrogens is 306 g/mol. The number of benzene rings is 1. The Morgan fingerprint density at radius 3 is 2.42 bits per heavy atom. The Bertz CT molecular complexity index is 540. The minimum Gasteiger partial charge on any atom is -0.491 e. The van der Waals surface area contributed by atoms with Crippen LogP contribution in [0.25, 0.3) is 0 Å². The molecule has 1 aromatic carbocycles. The number of hydrogen-bond acceptors (Lipinski definition) is 3. The Hall–Kier alpha value is -1.39. The van der Waals surface area contributed by atoms with E-state index < -0.39 is 6.10 Å². The Morgan fingerprint density at radius 1 is 1.16 bits per heavy atom. The van der Waals surface area contributed by atoms with Gasteiger partial charge < -0.3 is 9.84 Å². The number of aliphatic hydroxyl groups is 1. The van der Waals surface area contributed by atoms with E-state index in [2.05, 4.69) is 20.9 Å². The number of pyridine rings is 1. The van der Waals surface area contributed by atoms with E-state index in [0.717, 1.165) is 15.8 Å². The summed E-state index contributed by atoms with van der Waals surface area (Å²) in [6.45, 7) is 3.96. The van der Waals surface area contributed by atoms with Crippen LogP contribution in [0.2, 0.25) is 0 Å². The maximum Gasteiger partial charge on any atom is 0.122 e. The van der Waals surface area contributed by atoms with Crippen LogP contribution in [0.4, 0.5) is 0 Å². The van der Waals surface area contributed by atoms with Gasteiger partial charge in [-0.2, -0.15) is 0 Å². The zero-order valence-corrected chi connectivity index (χ0v) is 12.5. The fourth-order valence-electron chi connectivity index (χ4n) is 1.76. The molecule has 0 aliphatic rings. The molecule has 1 atom stereocenters. The number of rotatable bonds is 4. The average Bonchev–Trinajstić information content (AvgIpc) is 2.39. The second-order valence-electron chi connectivity index (χ2n) is 4.51. The molecule has 0 aliphatic heterocycles. The number of halogens is 1. The molecule has 1 aromatic heterocycles. The summed E-state index contributed by atoms with van der Waals surface area (Å²) in [5.74, 6) is 0.797. The lowest BCUT2D eigenvalue weighted by molar-refractivity contribution is 0.213. The molecule has 0 amide bonds. The lowest BCUT2D eigenvalue weighted by Gasteiger charge is -2.14. The van der Waals surface area contributed by atoms with Gasteiger partial charge in [0.05, 0.1) is 11.8 Å². The molecule has 1 heterocycles. The third kappa shape index (κ3) is 3.55. The van der Waals surface area contributed by atoms with Crippen molar-refractivity contribution in [2.75, 3.05) is 0 Å². The fraction of sp³-hybridized carbons (Fsp3) is 0.267. The topological polar surface area (TPSA) is 42.4 Å². The molecule has 2 rings (SSSR count). The van der Waals surface area contributed by atoms with Gasteiger partial charge in [-0.1, -0.05) is 12.1 Å². The largest absolute Gasteiger partial charge is 0.491 e. The molecule has 19 heavy (non-hydrogen) atoms. The predicted octanol–water partition coefficient (Wildman–Crippen LogP) is 3.71. The third-order valence-corrected chi connectivity index (χ3v) is 3.28. The molecule has 2 aromatic rings. The quantitative estimate of drug-likeness (QED) is 0.933. The van der Waals surface area contributed by atoms with Gasteiger partial charge in [0.2, 0.25) is 0 Å². The van der Waals surface area contributed by atoms with Crippen molar-refractivity contribution >= 4 is 15.9 Å². The van der Waals surface area contributed by atoms with E-state index in [9.17, 15) is 5.11 Å². The summed E-state index contributed by atoms with van der Waals surface area (Å²) < 4.78 is 6.37. The smallest absolute Gasteiger partial charge is 0.122 e. The van der Waals surface area contributed by atoms with Gasteiger partial charge in [0, 0.05) is 10.7 Å². The predicted molar refractivity (Wildman–Crippen MR) is 78.2 cm³/mol. The second kappa shape index (κ2) is 6.17. The molecule has 0 bridgehead atoms. The van der Waals surface area contributed by atoms with Gasteiger partial charge in [0.25, 0.3) is 0 Å². The summed E-state index contributed by atoms with van der Waals surface area (Å²) in [5.41, 5.74) is 1.40. The molecule has 0 saturated carbocycles. The minimum atomic E-state index is -0.747. The van der Waals surface area contributed by atoms with Gasteiger partial charge in [-0.15, -0.1) is 0 Å². The van der Waals surface area contributed by atoms with Crippen molar-refractivity contribution in [3.8, 4) is 5.75 Å². The number of aliphatic hydroxyl groups excluding tert-OH is 1. The van der Waals surface area contributed by atoms with Crippen LogP contribution in [-0.4, -0.2) is 16.2 Å². The Morgan fingerprint density at radius 2 is 1.84 bits per heavy atom. The summed E-state index contributed by atoms with van der Waals surface area (Å²) in [6, 6.07) is 11.1. The maximum atomic E-state index is 10.3. The van der Waals surface area contributed by atoms with Crippen LogP contribution >= 0.6 is 15.9 Å². The van der Waals surface area contributed by atoms with E-state index in [-0.39, 0.29) is 6.10 Å². The van der Waals surface area contributed by atoms with Crippen LogP contribution in [0.15, 0.2) is 47.1 Å². The number of aromatic nitrogens is 1. The average molecular weight is 322 g/mol. The van der Waals surface area contributed by atoms with E-state index >= 15 is 0 Å². The van der Waals surface area contributed by atoms with Crippen molar-refractivity contribution in [1.29, 1.82) is 0 Å². The lowest BCUT2D eigenvalue weighted by atomic mass is 10.1. The number of nitrogens with zero attached hydrogens (tertiary/aromatic N) is 1. The van der Waals surface area contributed by atoms with Crippen molar-refractivity contribution in [2.45, 2.75) is 26.1 Å². The van der Waals surface area contributed by atoms with Crippen molar-refractivity contribution in [2.24, 2.45) is 0 Å². The molecule has 1 N–H and O–H groups in total. The number of ether oxygens (including phenoxy) is 1. The van der Waals surface area contributed by atoms with Gasteiger partial charge in [-0.05, 0) is 59.6 Å². The first-order chi connectivity index (χ1) is 9.08. The van der Waals surface area contributed by atoms with Gasteiger partial charge in [0.1, 0.15) is 11.9 Å². The summed E-state index contributed by atoms with van der Waals surface area (Å²) in [6.07, 6.45) is 1.06. The highest BCUT2D eigenvalue weighted by atomic mass is 79.9. The first-order valence-electron chi connectivity index (χ1n) is 6.13. The van der Waals surface area contributed by atoms with Gasteiger partial charge in [-0.3, -0.25) is 4.98 Å². The van der Waals surface area contributed by atoms with Crippen LogP contribution in [0.3, 0.4) is 0 Å². The highest BCUT2D eigenvalue weighted by Gasteiger charge is 2.14. The van der Waals surface area contributed by atoms with Crippen LogP contribution in [-0.2, 0) is 0 Å². The lowest BCUT2D eigenvalue weighted by Crippen LogP contribution is -2.06. The van der Waals surface area contributed by atoms with Crippen molar-refractivity contribution < 1.29 is 9.84 Å². The first-order valence-corrected chi connectivity index (χ1v) is 6.92. The first kappa shape index (κ1) is 14.0. The monoisotopic (exact) mass is 321 g/mol. The maximum absolute atomic E-state index is 10.3. The standard InChI is InChI=1S/C15H16BrNO2/c1-10(2)19-12-7-5-11(6-8-12)15(18)14-13(16)4-3-9-17-14/h3-10,15,18H,1-2H3. The van der Waals surface area contributed by atoms with Crippen molar-refractivity contribution in [3.63, 3.8) is 0 Å². The van der Waals surface area contributed by atoms with Crippen LogP contribution < -0.4 is 4.74 Å². The molecule has 0 spiro atoms. The zero-order valence-electron chi connectivity index (χ0n) is 10.9. The highest BCUT2D eigenvalue weighted by Crippen LogP contribution is 2.27. The summed E-state index contributed by atoms with van der Waals surface area (Å²) in [5, 5.41) is 10.3. The van der Waals surface area contributed by atoms with E-state index in [0.29, 0.717) is 5.69 Å². The Balaban J connectivity index is 2.20. The number of hydrogen-bond donors (Lipinski definition) is 1. The van der Waals surface area contributed by atoms with E-state index in [1.165, 1.54) is 0 Å². The molecule has 0 fully saturated rings. The third-order valence-electron chi connectivity index (χ3n) is 2.61. The minimum absolute atomic E-state index is 0.140. The van der Waals surface area contributed by atoms with Gasteiger partial charge >= 0.3 is 0 Å². The van der Waals surface area contributed by atoms with E-state index in [4.69, 9.17) is 4.74 Å². The van der Waals surface area contributed by atoms with Gasteiger partial charge in [0.15, 0.2) is 0 Å². The normalized spacial score (nSPS) is 12.5. The molecule has 100 valence electrons. The van der Waals surface area contributed by atoms with Crippen LogP contribution in [0, 0.1) is 0 Å². The van der Waals surface area contributed by atoms with Crippen molar-refractivity contribution in [1.82, 2.24) is 4.98 Å². The van der Waals surface area contributed by atoms with E-state index in [1.807, 2.05) is 50.2 Å². The van der Waals surface area contributed by atoms with E-state index in [1.54, 1.807) is 6.20 Å². The molecular formula is C15H16BrNO2. The molecule has 1 unspecified atom stereocenters. The van der Waals surface area contributed by atoms with Crippen LogP contribution in [0.5, 0.6) is 5.75 Å². The second-order valence-corrected chi connectivity index (χ2v) is 5.36. The van der Waals surface area contributed by atoms with Crippen LogP contribution in [0.1, 0.15) is 31.2 Å². The van der Waals surface area contributed by atoms with Gasteiger partial charge in [-0.25, -0.2) is 0 Å². The zero-order chi connectivity index (χ0) is 13.8. The summed E-state index contributed by atoms with van der Waals surface area (Å²) in [7, 11) is 0. The molecule has 0 aliphatic carbocycles. The molecule has 0 radical (unpaired) electrons. The molecule has 3 nitrogen and oxygen atoms in total. The summed E-state index contributed by atoms with van der Waals surface area (Å²) in [4.78, 5) is 4.20. The summed E-state index contributed by atoms with van der Waals surface area (Å²) >= 11 is 3.39. The Labute approximate surface area is 121 Å². The Kier molecular flexibility index (Phi) is 4.56. The molecule has 0 saturated heterocycles. The SMILES string of the molecule is CC(C)Oc1ccc(C(O)c2ncccc2Br)cc1.